The van der Waals surface area contributed by atoms with Crippen LogP contribution in [0.2, 0.25) is 0 Å². The highest BCUT2D eigenvalue weighted by atomic mass is 33.1. The van der Waals surface area contributed by atoms with Gasteiger partial charge >= 0.3 is 17.9 Å². The zero-order chi connectivity index (χ0) is 18.2. The third-order valence-corrected chi connectivity index (χ3v) is 5.52. The molecule has 0 aromatic heterocycles. The molecule has 0 fully saturated rings. The molecule has 0 aliphatic heterocycles. The molecule has 0 saturated heterocycles. The molecule has 0 aromatic rings. The standard InChI is InChI=1S/C11H19N3O7S2/c12-4(9(16)17)1-2-6(15)8(7(14)11(20)21)23-22-3-5(13)10(18)19/h4-5,7-8H,1-3,12-14H2,(H,16,17)(H,18,19)(H,20,21)/t4-,5-,7-,8?/m0/s1. The molecule has 132 valence electrons. The molecule has 0 spiro atoms. The fourth-order valence-corrected chi connectivity index (χ4v) is 4.04. The molecule has 0 aliphatic carbocycles. The number of hydrogen-bond acceptors (Lipinski definition) is 9. The zero-order valence-corrected chi connectivity index (χ0v) is 13.6. The fraction of sp³-hybridized carbons (Fsp3) is 0.636. The second kappa shape index (κ2) is 10.4. The number of nitrogens with two attached hydrogens (primary N) is 3. The minimum atomic E-state index is -1.51. The highest BCUT2D eigenvalue weighted by Crippen LogP contribution is 2.30. The third kappa shape index (κ3) is 8.18. The number of ketones is 1. The smallest absolute Gasteiger partial charge is 0.322 e. The summed E-state index contributed by atoms with van der Waals surface area (Å²) in [5, 5.41) is 25.1. The Hall–Kier alpha value is -1.34. The maximum absolute atomic E-state index is 12.1. The third-order valence-electron chi connectivity index (χ3n) is 2.68. The van der Waals surface area contributed by atoms with Crippen molar-refractivity contribution in [1.82, 2.24) is 0 Å². The van der Waals surface area contributed by atoms with Gasteiger partial charge in [0.25, 0.3) is 0 Å². The number of hydrogen-bond donors (Lipinski definition) is 6. The molecule has 9 N–H and O–H groups in total. The van der Waals surface area contributed by atoms with E-state index in [4.69, 9.17) is 32.5 Å². The van der Waals surface area contributed by atoms with Crippen LogP contribution in [0.4, 0.5) is 0 Å². The lowest BCUT2D eigenvalue weighted by molar-refractivity contribution is -0.140. The first kappa shape index (κ1) is 21.7. The van der Waals surface area contributed by atoms with Crippen LogP contribution in [-0.4, -0.2) is 68.1 Å². The fourth-order valence-electron chi connectivity index (χ4n) is 1.26. The Kier molecular flexibility index (Phi) is 9.83. The summed E-state index contributed by atoms with van der Waals surface area (Å²) in [7, 11) is 1.71. The van der Waals surface area contributed by atoms with Crippen molar-refractivity contribution in [1.29, 1.82) is 0 Å². The molecule has 4 atom stereocenters. The first-order valence-electron chi connectivity index (χ1n) is 6.34. The van der Waals surface area contributed by atoms with Crippen molar-refractivity contribution in [2.24, 2.45) is 17.2 Å². The van der Waals surface area contributed by atoms with Crippen LogP contribution in [-0.2, 0) is 19.2 Å². The van der Waals surface area contributed by atoms with Crippen LogP contribution in [0.5, 0.6) is 0 Å². The number of carboxylic acids is 3. The van der Waals surface area contributed by atoms with E-state index in [-0.39, 0.29) is 18.6 Å². The molecule has 23 heavy (non-hydrogen) atoms. The molecule has 0 bridgehead atoms. The number of Topliss-reactive ketones (excluding diaryl/α,β-unsaturated/α-hetero) is 1. The second-order valence-electron chi connectivity index (χ2n) is 4.56. The van der Waals surface area contributed by atoms with Gasteiger partial charge < -0.3 is 32.5 Å². The summed E-state index contributed by atoms with van der Waals surface area (Å²) in [6, 6.07) is -3.91. The molecule has 0 saturated carbocycles. The SMILES string of the molecule is N[C@H](C(=O)O)C(SSC[C@H](N)C(=O)O)C(=O)CC[C@H](N)C(=O)O. The number of carboxylic acid groups (broad SMARTS) is 3. The van der Waals surface area contributed by atoms with Gasteiger partial charge in [-0.3, -0.25) is 19.2 Å². The number of carbonyl (C=O) groups is 4. The Morgan fingerprint density at radius 2 is 1.39 bits per heavy atom. The van der Waals surface area contributed by atoms with E-state index in [2.05, 4.69) is 0 Å². The summed E-state index contributed by atoms with van der Waals surface area (Å²) in [5.41, 5.74) is 16.0. The summed E-state index contributed by atoms with van der Waals surface area (Å²) in [6.07, 6.45) is -0.408. The van der Waals surface area contributed by atoms with Gasteiger partial charge in [-0.25, -0.2) is 0 Å². The van der Waals surface area contributed by atoms with E-state index in [9.17, 15) is 19.2 Å². The van der Waals surface area contributed by atoms with Crippen molar-refractivity contribution in [2.75, 3.05) is 5.75 Å². The lowest BCUT2D eigenvalue weighted by atomic mass is 10.0. The largest absolute Gasteiger partial charge is 0.480 e. The average Bonchev–Trinajstić information content (AvgIpc) is 2.47. The van der Waals surface area contributed by atoms with Gasteiger partial charge in [-0.1, -0.05) is 21.6 Å². The normalized spacial score (nSPS) is 16.1. The lowest BCUT2D eigenvalue weighted by Crippen LogP contribution is -2.44. The van der Waals surface area contributed by atoms with Gasteiger partial charge in [-0.15, -0.1) is 0 Å². The molecule has 12 heteroatoms. The molecule has 0 heterocycles. The first-order valence-corrected chi connectivity index (χ1v) is 8.72. The number of carbonyl (C=O) groups excluding carboxylic acids is 1. The first-order chi connectivity index (χ1) is 10.6. The van der Waals surface area contributed by atoms with Gasteiger partial charge in [-0.2, -0.15) is 0 Å². The molecule has 0 amide bonds. The van der Waals surface area contributed by atoms with E-state index in [0.29, 0.717) is 0 Å². The summed E-state index contributed by atoms with van der Waals surface area (Å²) < 4.78 is 0. The molecule has 0 aliphatic rings. The second-order valence-corrected chi connectivity index (χ2v) is 7.11. The van der Waals surface area contributed by atoms with Crippen molar-refractivity contribution >= 4 is 45.3 Å². The van der Waals surface area contributed by atoms with Crippen LogP contribution in [0.1, 0.15) is 12.8 Å². The van der Waals surface area contributed by atoms with Crippen LogP contribution < -0.4 is 17.2 Å². The Bertz CT molecular complexity index is 463. The van der Waals surface area contributed by atoms with Crippen molar-refractivity contribution < 1.29 is 34.5 Å². The number of aliphatic carboxylic acids is 3. The van der Waals surface area contributed by atoms with E-state index in [1.54, 1.807) is 0 Å². The van der Waals surface area contributed by atoms with Crippen LogP contribution in [0.25, 0.3) is 0 Å². The molecule has 0 radical (unpaired) electrons. The summed E-state index contributed by atoms with van der Waals surface area (Å²) in [6.45, 7) is 0. The molecule has 0 aromatic carbocycles. The van der Waals surface area contributed by atoms with E-state index >= 15 is 0 Å². The topological polar surface area (TPSA) is 207 Å². The summed E-state index contributed by atoms with van der Waals surface area (Å²) >= 11 is 0. The van der Waals surface area contributed by atoms with Gasteiger partial charge in [0.2, 0.25) is 0 Å². The van der Waals surface area contributed by atoms with E-state index < -0.39 is 47.1 Å². The Labute approximate surface area is 139 Å². The van der Waals surface area contributed by atoms with Crippen LogP contribution >= 0.6 is 21.6 Å². The Balaban J connectivity index is 4.68. The van der Waals surface area contributed by atoms with Crippen LogP contribution in [0.3, 0.4) is 0 Å². The number of rotatable bonds is 12. The van der Waals surface area contributed by atoms with Crippen molar-refractivity contribution in [3.05, 3.63) is 0 Å². The molecular formula is C11H19N3O7S2. The maximum Gasteiger partial charge on any atom is 0.322 e. The van der Waals surface area contributed by atoms with Crippen molar-refractivity contribution in [2.45, 2.75) is 36.2 Å². The van der Waals surface area contributed by atoms with Gasteiger partial charge in [0.1, 0.15) is 23.9 Å². The van der Waals surface area contributed by atoms with Crippen LogP contribution in [0, 0.1) is 0 Å². The van der Waals surface area contributed by atoms with Crippen molar-refractivity contribution in [3.63, 3.8) is 0 Å². The van der Waals surface area contributed by atoms with Crippen molar-refractivity contribution in [3.8, 4) is 0 Å². The highest BCUT2D eigenvalue weighted by molar-refractivity contribution is 8.77. The monoisotopic (exact) mass is 369 g/mol. The molecule has 1 unspecified atom stereocenters. The summed E-state index contributed by atoms with van der Waals surface area (Å²) in [4.78, 5) is 44.2. The van der Waals surface area contributed by atoms with Gasteiger partial charge in [0.05, 0.1) is 5.25 Å². The Morgan fingerprint density at radius 1 is 0.870 bits per heavy atom. The van der Waals surface area contributed by atoms with E-state index in [0.717, 1.165) is 21.6 Å². The predicted octanol–water partition coefficient (Wildman–Crippen LogP) is -1.68. The van der Waals surface area contributed by atoms with E-state index in [1.807, 2.05) is 0 Å². The maximum atomic E-state index is 12.1. The zero-order valence-electron chi connectivity index (χ0n) is 12.0. The van der Waals surface area contributed by atoms with E-state index in [1.165, 1.54) is 0 Å². The minimum Gasteiger partial charge on any atom is -0.480 e. The van der Waals surface area contributed by atoms with Crippen LogP contribution in [0.15, 0.2) is 0 Å². The predicted molar refractivity (Wildman–Crippen MR) is 84.9 cm³/mol. The van der Waals surface area contributed by atoms with Gasteiger partial charge in [0, 0.05) is 12.2 Å². The molecule has 10 nitrogen and oxygen atoms in total. The highest BCUT2D eigenvalue weighted by Gasteiger charge is 2.32. The lowest BCUT2D eigenvalue weighted by Gasteiger charge is -2.19. The molecule has 0 rings (SSSR count). The quantitative estimate of drug-likeness (QED) is 0.213. The van der Waals surface area contributed by atoms with Gasteiger partial charge in [0.15, 0.2) is 0 Å². The van der Waals surface area contributed by atoms with Gasteiger partial charge in [-0.05, 0) is 6.42 Å². The minimum absolute atomic E-state index is 0.0508. The Morgan fingerprint density at radius 3 is 1.83 bits per heavy atom. The summed E-state index contributed by atoms with van der Waals surface area (Å²) in [5.74, 6) is -4.52. The average molecular weight is 369 g/mol. The molecular weight excluding hydrogens is 350 g/mol.